The molecule has 0 aliphatic rings. The number of carboxylic acids is 3. The van der Waals surface area contributed by atoms with E-state index in [0.717, 1.165) is 0 Å². The van der Waals surface area contributed by atoms with Crippen LogP contribution < -0.4 is 104 Å². The van der Waals surface area contributed by atoms with Crippen molar-refractivity contribution in [2.24, 2.45) is 0 Å². The van der Waals surface area contributed by atoms with Gasteiger partial charge in [-0.15, -0.1) is 0 Å². The minimum atomic E-state index is -2.97. The second-order valence-electron chi connectivity index (χ2n) is 2.52. The topological polar surface area (TPSA) is 178 Å². The molecule has 2 N–H and O–H groups in total. The van der Waals surface area contributed by atoms with E-state index in [2.05, 4.69) is 0 Å². The van der Waals surface area contributed by atoms with Gasteiger partial charge in [0, 0.05) is 24.8 Å². The van der Waals surface area contributed by atoms with Crippen LogP contribution in [0.2, 0.25) is 0 Å². The molecule has 0 aromatic carbocycles. The van der Waals surface area contributed by atoms with Gasteiger partial charge in [0.1, 0.15) is 5.60 Å². The molecule has 0 rings (SSSR count). The van der Waals surface area contributed by atoms with E-state index in [1.165, 1.54) is 0 Å². The normalized spacial score (nSPS) is 8.05. The summed E-state index contributed by atoms with van der Waals surface area (Å²) in [4.78, 5) is 38.4. The Morgan fingerprint density at radius 3 is 1.26 bits per heavy atom. The van der Waals surface area contributed by atoms with Crippen LogP contribution in [0.5, 0.6) is 0 Å². The second-order valence-corrected chi connectivity index (χ2v) is 2.52. The van der Waals surface area contributed by atoms with Gasteiger partial charge in [0.2, 0.25) is 0 Å². The average molecular weight is 304 g/mol. The summed E-state index contributed by atoms with van der Waals surface area (Å²) >= 11 is 0. The van der Waals surface area contributed by atoms with Gasteiger partial charge in [-0.2, -0.15) is 0 Å². The van der Waals surface area contributed by atoms with Crippen LogP contribution in [0.1, 0.15) is 12.8 Å². The first kappa shape index (κ1) is 32.0. The van der Waals surface area contributed by atoms with Crippen LogP contribution in [0.3, 0.4) is 0 Å². The number of rotatable bonds is 5. The molecule has 0 spiro atoms. The molecule has 9 nitrogen and oxygen atoms in total. The van der Waals surface area contributed by atoms with Crippen LogP contribution in [0.15, 0.2) is 0 Å². The van der Waals surface area contributed by atoms with Gasteiger partial charge in [0.05, 0.1) is 5.97 Å². The maximum absolute atomic E-state index is 10.1. The number of hydrogen-bond acceptors (Lipinski definition) is 8. The first-order valence-corrected chi connectivity index (χ1v) is 3.61. The van der Waals surface area contributed by atoms with Crippen LogP contribution in [-0.4, -0.2) is 40.2 Å². The third kappa shape index (κ3) is 18.8. The van der Waals surface area contributed by atoms with Crippen LogP contribution >= 0.6 is 0 Å². The fourth-order valence-corrected chi connectivity index (χ4v) is 0.684. The van der Waals surface area contributed by atoms with Crippen LogP contribution in [0.25, 0.3) is 0 Å². The fourth-order valence-electron chi connectivity index (χ4n) is 0.684. The first-order valence-electron chi connectivity index (χ1n) is 3.61. The fraction of sp³-hybridized carbons (Fsp3) is 0.429. The molecule has 0 radical (unpaired) electrons. The van der Waals surface area contributed by atoms with Crippen molar-refractivity contribution in [3.63, 3.8) is 0 Å². The first-order chi connectivity index (χ1) is 7.19. The van der Waals surface area contributed by atoms with E-state index in [-0.39, 0.29) is 95.1 Å². The van der Waals surface area contributed by atoms with Crippen molar-refractivity contribution in [1.29, 1.82) is 0 Å². The summed E-state index contributed by atoms with van der Waals surface area (Å²) in [6, 6.07) is 0. The molecule has 0 unspecified atom stereocenters. The van der Waals surface area contributed by atoms with Crippen molar-refractivity contribution < 1.29 is 133 Å². The Hall–Kier alpha value is 0.840. The quantitative estimate of drug-likeness (QED) is 0.368. The molecule has 12 heteroatoms. The van der Waals surface area contributed by atoms with Crippen LogP contribution in [0.4, 0.5) is 0 Å². The molecule has 0 fully saturated rings. The Labute approximate surface area is 174 Å². The average Bonchev–Trinajstić information content (AvgIpc) is 2.01. The van der Waals surface area contributed by atoms with E-state index in [1.807, 2.05) is 0 Å². The Morgan fingerprint density at radius 2 is 1.16 bits per heavy atom. The Kier molecular flexibility index (Phi) is 28.4. The van der Waals surface area contributed by atoms with E-state index in [0.29, 0.717) is 0 Å². The van der Waals surface area contributed by atoms with Crippen molar-refractivity contribution in [3.8, 4) is 0 Å². The third-order valence-corrected chi connectivity index (χ3v) is 1.25. The summed E-state index contributed by atoms with van der Waals surface area (Å²) < 4.78 is 0. The van der Waals surface area contributed by atoms with Gasteiger partial charge >= 0.3 is 88.7 Å². The summed E-state index contributed by atoms with van der Waals surface area (Å²) in [6.45, 7) is -0.250. The zero-order valence-electron chi connectivity index (χ0n) is 10.7. The largest absolute Gasteiger partial charge is 1.00 e. The van der Waals surface area contributed by atoms with Gasteiger partial charge in [-0.1, -0.05) is 0 Å². The molecule has 0 aromatic rings. The molecule has 0 amide bonds. The van der Waals surface area contributed by atoms with Gasteiger partial charge in [-0.25, -0.2) is 0 Å². The molecule has 0 atom stereocenters. The third-order valence-electron chi connectivity index (χ3n) is 1.25. The maximum Gasteiger partial charge on any atom is 1.00 e. The predicted molar refractivity (Wildman–Crippen MR) is 37.9 cm³/mol. The second kappa shape index (κ2) is 16.9. The smallest absolute Gasteiger partial charge is 0.550 e. The predicted octanol–water partition coefficient (Wildman–Crippen LogP) is -14.5. The van der Waals surface area contributed by atoms with Crippen molar-refractivity contribution in [2.75, 3.05) is 0 Å². The molecule has 0 aliphatic heterocycles. The molecule has 0 aliphatic carbocycles. The Bertz CT molecular complexity index is 278. The van der Waals surface area contributed by atoms with Gasteiger partial charge in [0.15, 0.2) is 0 Å². The number of hydrogen-bond donors (Lipinski definition) is 2. The molecule has 0 saturated carbocycles. The molecule has 0 heterocycles. The molecular formula is C7H7Na3O9. The summed E-state index contributed by atoms with van der Waals surface area (Å²) in [5, 5.41) is 45.8. The number of carbonyl (C=O) groups is 4. The van der Waals surface area contributed by atoms with Crippen molar-refractivity contribution in [3.05, 3.63) is 0 Å². The van der Waals surface area contributed by atoms with E-state index in [1.54, 1.807) is 0 Å². The molecule has 92 valence electrons. The molecule has 0 aromatic heterocycles. The zero-order chi connectivity index (χ0) is 13.4. The molecule has 0 bridgehead atoms. The standard InChI is InChI=1S/C6H8O7.CH2O2.3Na/c7-3(8)1-6(13,5(11)12)2-4(9)10;2-1-3;;;/h13H,1-2H2,(H,7,8)(H,9,10)(H,11,12);1H,(H,2,3);;;/q;;3*+1/p-3. The van der Waals surface area contributed by atoms with Crippen molar-refractivity contribution in [1.82, 2.24) is 0 Å². The number of carbonyl (C=O) groups excluding carboxylic acids is 3. The van der Waals surface area contributed by atoms with E-state index in [9.17, 15) is 29.7 Å². The minimum Gasteiger partial charge on any atom is -0.550 e. The minimum absolute atomic E-state index is 0. The van der Waals surface area contributed by atoms with Crippen molar-refractivity contribution >= 4 is 24.4 Å². The van der Waals surface area contributed by atoms with Crippen LogP contribution in [-0.2, 0) is 19.2 Å². The van der Waals surface area contributed by atoms with Crippen molar-refractivity contribution in [2.45, 2.75) is 18.4 Å². The molecule has 19 heavy (non-hydrogen) atoms. The van der Waals surface area contributed by atoms with Gasteiger partial charge in [-0.3, -0.25) is 4.79 Å². The summed E-state index contributed by atoms with van der Waals surface area (Å²) in [5.74, 6) is -5.98. The monoisotopic (exact) mass is 304 g/mol. The Morgan fingerprint density at radius 1 is 0.947 bits per heavy atom. The van der Waals surface area contributed by atoms with E-state index < -0.39 is 36.4 Å². The van der Waals surface area contributed by atoms with Gasteiger partial charge in [-0.05, 0) is 0 Å². The number of carboxylic acid groups (broad SMARTS) is 4. The SMILES string of the molecule is O=C([O-])CC(O)(CC(=O)[O-])C(=O)[O-].O=CO.[Na+].[Na+].[Na+]. The van der Waals surface area contributed by atoms with E-state index >= 15 is 0 Å². The zero-order valence-corrected chi connectivity index (χ0v) is 16.7. The van der Waals surface area contributed by atoms with Gasteiger partial charge in [0.25, 0.3) is 6.47 Å². The summed E-state index contributed by atoms with van der Waals surface area (Å²) in [5.41, 5.74) is -2.97. The number of aliphatic hydroxyl groups is 1. The maximum atomic E-state index is 10.1. The number of aliphatic carboxylic acids is 3. The van der Waals surface area contributed by atoms with E-state index in [4.69, 9.17) is 15.0 Å². The molecule has 0 saturated heterocycles. The Balaban J connectivity index is -0.0000000992. The summed E-state index contributed by atoms with van der Waals surface area (Å²) in [7, 11) is 0. The van der Waals surface area contributed by atoms with Gasteiger partial charge < -0.3 is 39.9 Å². The summed E-state index contributed by atoms with van der Waals surface area (Å²) in [6.07, 6.45) is -2.72. The molecular weight excluding hydrogens is 297 g/mol. The van der Waals surface area contributed by atoms with Crippen LogP contribution in [0, 0.1) is 0 Å².